The molecule has 1 fully saturated rings. The molecular formula is C16H15NO. The summed E-state index contributed by atoms with van der Waals surface area (Å²) >= 11 is 0. The SMILES string of the molecule is O=Cc1cncc(-c2ccc(C3CCC3)cc2)c1. The van der Waals surface area contributed by atoms with Crippen molar-refractivity contribution in [1.29, 1.82) is 0 Å². The van der Waals surface area contributed by atoms with Crippen molar-refractivity contribution in [2.75, 3.05) is 0 Å². The number of hydrogen-bond acceptors (Lipinski definition) is 2. The van der Waals surface area contributed by atoms with Crippen LogP contribution in [-0.4, -0.2) is 11.3 Å². The summed E-state index contributed by atoms with van der Waals surface area (Å²) in [6.07, 6.45) is 8.21. The second-order valence-corrected chi connectivity index (χ2v) is 4.87. The van der Waals surface area contributed by atoms with Crippen molar-refractivity contribution in [3.8, 4) is 11.1 Å². The molecule has 0 atom stereocenters. The Labute approximate surface area is 107 Å². The van der Waals surface area contributed by atoms with E-state index in [2.05, 4.69) is 29.2 Å². The zero-order valence-corrected chi connectivity index (χ0v) is 10.2. The average molecular weight is 237 g/mol. The molecule has 0 spiro atoms. The van der Waals surface area contributed by atoms with Crippen LogP contribution < -0.4 is 0 Å². The van der Waals surface area contributed by atoms with Gasteiger partial charge in [0, 0.05) is 23.5 Å². The fourth-order valence-electron chi connectivity index (χ4n) is 2.37. The average Bonchev–Trinajstić information content (AvgIpc) is 2.38. The van der Waals surface area contributed by atoms with Gasteiger partial charge >= 0.3 is 0 Å². The van der Waals surface area contributed by atoms with Gasteiger partial charge in [-0.2, -0.15) is 0 Å². The Morgan fingerprint density at radius 3 is 2.44 bits per heavy atom. The summed E-state index contributed by atoms with van der Waals surface area (Å²) in [5.41, 5.74) is 4.18. The lowest BCUT2D eigenvalue weighted by atomic mass is 9.80. The molecule has 1 aliphatic rings. The molecule has 1 saturated carbocycles. The van der Waals surface area contributed by atoms with Crippen molar-refractivity contribution in [1.82, 2.24) is 4.98 Å². The Morgan fingerprint density at radius 2 is 1.83 bits per heavy atom. The molecule has 1 aliphatic carbocycles. The van der Waals surface area contributed by atoms with Crippen LogP contribution in [0.4, 0.5) is 0 Å². The zero-order chi connectivity index (χ0) is 12.4. The van der Waals surface area contributed by atoms with Gasteiger partial charge in [-0.05, 0) is 36.0 Å². The highest BCUT2D eigenvalue weighted by molar-refractivity contribution is 5.77. The normalized spacial score (nSPS) is 15.1. The first kappa shape index (κ1) is 11.1. The Hall–Kier alpha value is -1.96. The molecule has 2 aromatic rings. The molecule has 18 heavy (non-hydrogen) atoms. The molecule has 1 aromatic heterocycles. The molecule has 1 aromatic carbocycles. The summed E-state index contributed by atoms with van der Waals surface area (Å²) in [7, 11) is 0. The number of carbonyl (C=O) groups is 1. The van der Waals surface area contributed by atoms with Gasteiger partial charge in [0.1, 0.15) is 0 Å². The minimum absolute atomic E-state index is 0.621. The van der Waals surface area contributed by atoms with Gasteiger partial charge in [-0.15, -0.1) is 0 Å². The molecular weight excluding hydrogens is 222 g/mol. The Morgan fingerprint density at radius 1 is 1.06 bits per heavy atom. The van der Waals surface area contributed by atoms with E-state index in [1.807, 2.05) is 6.07 Å². The van der Waals surface area contributed by atoms with Gasteiger partial charge in [-0.3, -0.25) is 9.78 Å². The summed E-state index contributed by atoms with van der Waals surface area (Å²) in [6, 6.07) is 10.5. The Balaban J connectivity index is 1.88. The number of hydrogen-bond donors (Lipinski definition) is 0. The van der Waals surface area contributed by atoms with Gasteiger partial charge in [-0.1, -0.05) is 30.7 Å². The van der Waals surface area contributed by atoms with E-state index in [0.29, 0.717) is 5.56 Å². The van der Waals surface area contributed by atoms with E-state index in [1.165, 1.54) is 24.8 Å². The largest absolute Gasteiger partial charge is 0.298 e. The summed E-state index contributed by atoms with van der Waals surface area (Å²) in [6.45, 7) is 0. The number of aromatic nitrogens is 1. The molecule has 0 bridgehead atoms. The third-order valence-corrected chi connectivity index (χ3v) is 3.72. The number of aldehydes is 1. The predicted octanol–water partition coefficient (Wildman–Crippen LogP) is 3.83. The number of nitrogens with zero attached hydrogens (tertiary/aromatic N) is 1. The van der Waals surface area contributed by atoms with Crippen LogP contribution in [0.2, 0.25) is 0 Å². The first-order valence-electron chi connectivity index (χ1n) is 6.37. The van der Waals surface area contributed by atoms with E-state index >= 15 is 0 Å². The minimum Gasteiger partial charge on any atom is -0.298 e. The van der Waals surface area contributed by atoms with Gasteiger partial charge in [-0.25, -0.2) is 0 Å². The second kappa shape index (κ2) is 4.73. The smallest absolute Gasteiger partial charge is 0.151 e. The first-order chi connectivity index (χ1) is 8.86. The molecule has 0 unspecified atom stereocenters. The lowest BCUT2D eigenvalue weighted by Crippen LogP contribution is -2.08. The van der Waals surface area contributed by atoms with Crippen LogP contribution >= 0.6 is 0 Å². The van der Waals surface area contributed by atoms with Crippen LogP contribution in [0.1, 0.15) is 41.1 Å². The minimum atomic E-state index is 0.621. The highest BCUT2D eigenvalue weighted by atomic mass is 16.1. The molecule has 0 amide bonds. The van der Waals surface area contributed by atoms with E-state index < -0.39 is 0 Å². The van der Waals surface area contributed by atoms with Gasteiger partial charge in [0.15, 0.2) is 6.29 Å². The molecule has 0 N–H and O–H groups in total. The topological polar surface area (TPSA) is 30.0 Å². The van der Waals surface area contributed by atoms with E-state index in [0.717, 1.165) is 23.3 Å². The quantitative estimate of drug-likeness (QED) is 0.759. The fraction of sp³-hybridized carbons (Fsp3) is 0.250. The maximum Gasteiger partial charge on any atom is 0.151 e. The monoisotopic (exact) mass is 237 g/mol. The van der Waals surface area contributed by atoms with Gasteiger partial charge in [0.25, 0.3) is 0 Å². The summed E-state index contributed by atoms with van der Waals surface area (Å²) in [5.74, 6) is 0.762. The molecule has 2 heteroatoms. The highest BCUT2D eigenvalue weighted by Gasteiger charge is 2.18. The first-order valence-corrected chi connectivity index (χ1v) is 6.37. The van der Waals surface area contributed by atoms with E-state index in [4.69, 9.17) is 0 Å². The summed E-state index contributed by atoms with van der Waals surface area (Å²) in [5, 5.41) is 0. The number of benzene rings is 1. The number of carbonyl (C=O) groups excluding carboxylic acids is 1. The predicted molar refractivity (Wildman–Crippen MR) is 71.7 cm³/mol. The Kier molecular flexibility index (Phi) is 2.93. The van der Waals surface area contributed by atoms with Gasteiger partial charge < -0.3 is 0 Å². The number of pyridine rings is 1. The number of rotatable bonds is 3. The van der Waals surface area contributed by atoms with Crippen molar-refractivity contribution in [3.05, 3.63) is 53.9 Å². The molecule has 2 nitrogen and oxygen atoms in total. The molecule has 0 saturated heterocycles. The third kappa shape index (κ3) is 2.06. The van der Waals surface area contributed by atoms with Gasteiger partial charge in [0.2, 0.25) is 0 Å². The molecule has 3 rings (SSSR count). The van der Waals surface area contributed by atoms with E-state index in [9.17, 15) is 4.79 Å². The fourth-order valence-corrected chi connectivity index (χ4v) is 2.37. The summed E-state index contributed by atoms with van der Waals surface area (Å²) in [4.78, 5) is 14.8. The van der Waals surface area contributed by atoms with Crippen molar-refractivity contribution < 1.29 is 4.79 Å². The van der Waals surface area contributed by atoms with Crippen LogP contribution in [-0.2, 0) is 0 Å². The second-order valence-electron chi connectivity index (χ2n) is 4.87. The molecule has 90 valence electrons. The van der Waals surface area contributed by atoms with E-state index in [1.54, 1.807) is 12.4 Å². The van der Waals surface area contributed by atoms with E-state index in [-0.39, 0.29) is 0 Å². The zero-order valence-electron chi connectivity index (χ0n) is 10.2. The van der Waals surface area contributed by atoms with Crippen LogP contribution in [0, 0.1) is 0 Å². The third-order valence-electron chi connectivity index (χ3n) is 3.72. The van der Waals surface area contributed by atoms with Crippen molar-refractivity contribution in [3.63, 3.8) is 0 Å². The van der Waals surface area contributed by atoms with Crippen molar-refractivity contribution in [2.45, 2.75) is 25.2 Å². The van der Waals surface area contributed by atoms with Crippen LogP contribution in [0.5, 0.6) is 0 Å². The molecule has 0 radical (unpaired) electrons. The lowest BCUT2D eigenvalue weighted by molar-refractivity contribution is 0.112. The van der Waals surface area contributed by atoms with Crippen LogP contribution in [0.25, 0.3) is 11.1 Å². The van der Waals surface area contributed by atoms with Crippen LogP contribution in [0.3, 0.4) is 0 Å². The maximum atomic E-state index is 10.7. The molecule has 0 aliphatic heterocycles. The summed E-state index contributed by atoms with van der Waals surface area (Å²) < 4.78 is 0. The molecule has 1 heterocycles. The van der Waals surface area contributed by atoms with Crippen molar-refractivity contribution in [2.24, 2.45) is 0 Å². The van der Waals surface area contributed by atoms with Crippen molar-refractivity contribution >= 4 is 6.29 Å². The maximum absolute atomic E-state index is 10.7. The van der Waals surface area contributed by atoms with Crippen LogP contribution in [0.15, 0.2) is 42.7 Å². The highest BCUT2D eigenvalue weighted by Crippen LogP contribution is 2.36. The lowest BCUT2D eigenvalue weighted by Gasteiger charge is -2.25. The van der Waals surface area contributed by atoms with Gasteiger partial charge in [0.05, 0.1) is 0 Å². The standard InChI is InChI=1S/C16H15NO/c18-11-12-8-16(10-17-9-12)15-6-4-14(5-7-15)13-2-1-3-13/h4-11,13H,1-3H2. The Bertz CT molecular complexity index is 556.